The Morgan fingerprint density at radius 1 is 1.12 bits per heavy atom. The number of nitrogens with zero attached hydrogens (tertiary/aromatic N) is 1. The normalized spacial score (nSPS) is 11.2. The van der Waals surface area contributed by atoms with E-state index >= 15 is 0 Å². The number of aryl methyl sites for hydroxylation is 1. The largest absolute Gasteiger partial charge is 0.466 e. The summed E-state index contributed by atoms with van der Waals surface area (Å²) >= 11 is 0. The first-order valence-corrected chi connectivity index (χ1v) is 8.82. The Morgan fingerprint density at radius 3 is 2.58 bits per heavy atom. The van der Waals surface area contributed by atoms with Crippen LogP contribution >= 0.6 is 0 Å². The number of guanidine groups is 1. The molecule has 1 aromatic carbocycles. The number of carbonyl (C=O) groups excluding carboxylic acids is 1. The number of benzene rings is 1. The number of ether oxygens (including phenoxy) is 1. The summed E-state index contributed by atoms with van der Waals surface area (Å²) in [6.07, 6.45) is 4.64. The van der Waals surface area contributed by atoms with Crippen LogP contribution in [0.2, 0.25) is 0 Å². The maximum atomic E-state index is 11.2. The first-order chi connectivity index (χ1) is 11.7. The number of nitrogens with one attached hydrogen (secondary N) is 2. The second kappa shape index (κ2) is 12.4. The van der Waals surface area contributed by atoms with Gasteiger partial charge in [-0.25, -0.2) is 0 Å². The third kappa shape index (κ3) is 8.56. The van der Waals surface area contributed by atoms with Crippen molar-refractivity contribution in [2.24, 2.45) is 4.99 Å². The first kappa shape index (κ1) is 20.0. The Balaban J connectivity index is 2.10. The number of hydrogen-bond donors (Lipinski definition) is 2. The van der Waals surface area contributed by atoms with Crippen LogP contribution in [-0.2, 0) is 16.1 Å². The van der Waals surface area contributed by atoms with Gasteiger partial charge in [0.1, 0.15) is 0 Å². The number of unbranched alkanes of at least 4 members (excludes halogenated alkanes) is 3. The van der Waals surface area contributed by atoms with Crippen LogP contribution in [0.3, 0.4) is 0 Å². The molecule has 0 aliphatic heterocycles. The molecule has 0 aromatic heterocycles. The average molecular weight is 333 g/mol. The molecule has 0 unspecified atom stereocenters. The smallest absolute Gasteiger partial charge is 0.305 e. The third-order valence-electron chi connectivity index (χ3n) is 3.84. The van der Waals surface area contributed by atoms with Crippen LogP contribution in [0.1, 0.15) is 50.2 Å². The molecule has 134 valence electrons. The van der Waals surface area contributed by atoms with Gasteiger partial charge < -0.3 is 15.4 Å². The molecule has 5 nitrogen and oxygen atoms in total. The molecule has 0 atom stereocenters. The van der Waals surface area contributed by atoms with Crippen molar-refractivity contribution in [1.82, 2.24) is 10.6 Å². The second-order valence-corrected chi connectivity index (χ2v) is 5.75. The Labute approximate surface area is 145 Å². The van der Waals surface area contributed by atoms with Crippen molar-refractivity contribution < 1.29 is 9.53 Å². The van der Waals surface area contributed by atoms with Crippen LogP contribution in [0.25, 0.3) is 0 Å². The lowest BCUT2D eigenvalue weighted by Crippen LogP contribution is -2.37. The van der Waals surface area contributed by atoms with E-state index in [0.717, 1.165) is 44.7 Å². The van der Waals surface area contributed by atoms with E-state index in [1.165, 1.54) is 11.1 Å². The minimum absolute atomic E-state index is 0.0866. The van der Waals surface area contributed by atoms with Gasteiger partial charge in [0.15, 0.2) is 5.96 Å². The maximum absolute atomic E-state index is 11.2. The summed E-state index contributed by atoms with van der Waals surface area (Å²) in [5.41, 5.74) is 2.56. The van der Waals surface area contributed by atoms with Crippen LogP contribution in [0.15, 0.2) is 29.3 Å². The molecule has 0 radical (unpaired) electrons. The molecule has 5 heteroatoms. The molecule has 24 heavy (non-hydrogen) atoms. The summed E-state index contributed by atoms with van der Waals surface area (Å²) in [6, 6.07) is 8.34. The van der Waals surface area contributed by atoms with Gasteiger partial charge in [-0.05, 0) is 37.8 Å². The van der Waals surface area contributed by atoms with Crippen molar-refractivity contribution in [3.05, 3.63) is 35.4 Å². The predicted molar refractivity (Wildman–Crippen MR) is 99.1 cm³/mol. The fourth-order valence-corrected chi connectivity index (χ4v) is 2.40. The number of rotatable bonds is 10. The molecule has 0 spiro atoms. The van der Waals surface area contributed by atoms with Gasteiger partial charge in [-0.3, -0.25) is 9.79 Å². The van der Waals surface area contributed by atoms with Gasteiger partial charge in [0.25, 0.3) is 0 Å². The minimum atomic E-state index is -0.0866. The highest BCUT2D eigenvalue weighted by molar-refractivity contribution is 5.79. The van der Waals surface area contributed by atoms with E-state index in [9.17, 15) is 4.79 Å². The summed E-state index contributed by atoms with van der Waals surface area (Å²) in [7, 11) is 1.78. The van der Waals surface area contributed by atoms with Gasteiger partial charge >= 0.3 is 5.97 Å². The van der Waals surface area contributed by atoms with E-state index in [1.807, 2.05) is 13.0 Å². The van der Waals surface area contributed by atoms with Crippen molar-refractivity contribution in [3.8, 4) is 0 Å². The molecule has 0 aliphatic carbocycles. The van der Waals surface area contributed by atoms with E-state index in [1.54, 1.807) is 7.05 Å². The number of carbonyl (C=O) groups is 1. The number of hydrogen-bond acceptors (Lipinski definition) is 3. The van der Waals surface area contributed by atoms with Gasteiger partial charge in [-0.15, -0.1) is 0 Å². The SMILES string of the molecule is CCOC(=O)CCCCCCNC(=NC)NCc1ccccc1C. The zero-order valence-electron chi connectivity index (χ0n) is 15.2. The van der Waals surface area contributed by atoms with Crippen molar-refractivity contribution >= 4 is 11.9 Å². The van der Waals surface area contributed by atoms with Gasteiger partial charge in [0.05, 0.1) is 6.61 Å². The molecular weight excluding hydrogens is 302 g/mol. The van der Waals surface area contributed by atoms with Gasteiger partial charge in [0.2, 0.25) is 0 Å². The predicted octanol–water partition coefficient (Wildman–Crippen LogP) is 3.17. The van der Waals surface area contributed by atoms with E-state index < -0.39 is 0 Å². The topological polar surface area (TPSA) is 62.7 Å². The Kier molecular flexibility index (Phi) is 10.3. The fraction of sp³-hybridized carbons (Fsp3) is 0.579. The zero-order chi connectivity index (χ0) is 17.6. The lowest BCUT2D eigenvalue weighted by atomic mass is 10.1. The molecule has 0 amide bonds. The molecule has 0 bridgehead atoms. The molecule has 2 N–H and O–H groups in total. The van der Waals surface area contributed by atoms with Crippen molar-refractivity contribution in [3.63, 3.8) is 0 Å². The first-order valence-electron chi connectivity index (χ1n) is 8.82. The van der Waals surface area contributed by atoms with Crippen LogP contribution in [0.5, 0.6) is 0 Å². The van der Waals surface area contributed by atoms with Crippen molar-refractivity contribution in [2.45, 2.75) is 52.5 Å². The van der Waals surface area contributed by atoms with E-state index in [-0.39, 0.29) is 5.97 Å². The van der Waals surface area contributed by atoms with Gasteiger partial charge in [-0.1, -0.05) is 37.1 Å². The highest BCUT2D eigenvalue weighted by atomic mass is 16.5. The Morgan fingerprint density at radius 2 is 1.88 bits per heavy atom. The van der Waals surface area contributed by atoms with Crippen molar-refractivity contribution in [2.75, 3.05) is 20.2 Å². The summed E-state index contributed by atoms with van der Waals surface area (Å²) in [5.74, 6) is 0.737. The molecular formula is C19H31N3O2. The highest BCUT2D eigenvalue weighted by Gasteiger charge is 2.02. The van der Waals surface area contributed by atoms with Crippen molar-refractivity contribution in [1.29, 1.82) is 0 Å². The van der Waals surface area contributed by atoms with Crippen LogP contribution in [0, 0.1) is 6.92 Å². The molecule has 0 fully saturated rings. The second-order valence-electron chi connectivity index (χ2n) is 5.75. The van der Waals surface area contributed by atoms with E-state index in [0.29, 0.717) is 13.0 Å². The summed E-state index contributed by atoms with van der Waals surface area (Å²) in [6.45, 7) is 6.07. The fourth-order valence-electron chi connectivity index (χ4n) is 2.40. The summed E-state index contributed by atoms with van der Waals surface area (Å²) in [5, 5.41) is 6.66. The molecule has 1 rings (SSSR count). The Bertz CT molecular complexity index is 515. The lowest BCUT2D eigenvalue weighted by Gasteiger charge is -2.13. The third-order valence-corrected chi connectivity index (χ3v) is 3.84. The monoisotopic (exact) mass is 333 g/mol. The average Bonchev–Trinajstić information content (AvgIpc) is 2.58. The van der Waals surface area contributed by atoms with Gasteiger partial charge in [-0.2, -0.15) is 0 Å². The van der Waals surface area contributed by atoms with Gasteiger partial charge in [0, 0.05) is 26.6 Å². The number of aliphatic imine (C=N–C) groups is 1. The lowest BCUT2D eigenvalue weighted by molar-refractivity contribution is -0.143. The minimum Gasteiger partial charge on any atom is -0.466 e. The zero-order valence-corrected chi connectivity index (χ0v) is 15.2. The standard InChI is InChI=1S/C19H31N3O2/c1-4-24-18(23)13-7-5-6-10-14-21-19(20-3)22-15-17-12-9-8-11-16(17)2/h8-9,11-12H,4-7,10,13-15H2,1-3H3,(H2,20,21,22). The molecule has 0 saturated heterocycles. The molecule has 0 saturated carbocycles. The Hall–Kier alpha value is -2.04. The summed E-state index contributed by atoms with van der Waals surface area (Å²) < 4.78 is 4.91. The van der Waals surface area contributed by atoms with Crippen LogP contribution < -0.4 is 10.6 Å². The number of esters is 1. The molecule has 1 aromatic rings. The quantitative estimate of drug-likeness (QED) is 0.299. The summed E-state index contributed by atoms with van der Waals surface area (Å²) in [4.78, 5) is 15.5. The van der Waals surface area contributed by atoms with Crippen LogP contribution in [-0.4, -0.2) is 32.1 Å². The maximum Gasteiger partial charge on any atom is 0.305 e. The van der Waals surface area contributed by atoms with E-state index in [2.05, 4.69) is 40.7 Å². The molecule has 0 aliphatic rings. The highest BCUT2D eigenvalue weighted by Crippen LogP contribution is 2.06. The van der Waals surface area contributed by atoms with E-state index in [4.69, 9.17) is 4.74 Å². The van der Waals surface area contributed by atoms with Crippen LogP contribution in [0.4, 0.5) is 0 Å². The molecule has 0 heterocycles.